The van der Waals surface area contributed by atoms with Crippen LogP contribution < -0.4 is 10.5 Å². The maximum atomic E-state index is 5.90. The number of ether oxygens (including phenoxy) is 1. The molecule has 0 fully saturated rings. The van der Waals surface area contributed by atoms with Gasteiger partial charge >= 0.3 is 0 Å². The molecule has 0 saturated carbocycles. The molecule has 0 bridgehead atoms. The number of rotatable bonds is 3. The molecule has 2 aromatic rings. The molecule has 0 amide bonds. The van der Waals surface area contributed by atoms with Gasteiger partial charge in [0, 0.05) is 21.6 Å². The van der Waals surface area contributed by atoms with Crippen LogP contribution in [-0.2, 0) is 6.54 Å². The Morgan fingerprint density at radius 1 is 1.18 bits per heavy atom. The second-order valence-electron chi connectivity index (χ2n) is 3.52. The standard InChI is InChI=1S/C13H11BrClNO/c14-10-4-5-13(9(6-10)8-16)17-12-3-1-2-11(15)7-12/h1-7H,8,16H2. The molecule has 0 atom stereocenters. The van der Waals surface area contributed by atoms with Crippen LogP contribution in [0.4, 0.5) is 0 Å². The molecule has 88 valence electrons. The highest BCUT2D eigenvalue weighted by molar-refractivity contribution is 9.10. The van der Waals surface area contributed by atoms with E-state index in [0.29, 0.717) is 17.3 Å². The van der Waals surface area contributed by atoms with Crippen LogP contribution in [0.15, 0.2) is 46.9 Å². The van der Waals surface area contributed by atoms with E-state index < -0.39 is 0 Å². The van der Waals surface area contributed by atoms with Crippen LogP contribution in [0.25, 0.3) is 0 Å². The lowest BCUT2D eigenvalue weighted by Gasteiger charge is -2.10. The van der Waals surface area contributed by atoms with Crippen LogP contribution in [0.1, 0.15) is 5.56 Å². The highest BCUT2D eigenvalue weighted by Crippen LogP contribution is 2.29. The first-order valence-electron chi connectivity index (χ1n) is 5.11. The normalized spacial score (nSPS) is 10.3. The van der Waals surface area contributed by atoms with Crippen LogP contribution in [0.2, 0.25) is 5.02 Å². The molecule has 0 aromatic heterocycles. The highest BCUT2D eigenvalue weighted by atomic mass is 79.9. The molecule has 2 N–H and O–H groups in total. The van der Waals surface area contributed by atoms with Crippen LogP contribution >= 0.6 is 27.5 Å². The Kier molecular flexibility index (Phi) is 4.05. The molecule has 0 saturated heterocycles. The third kappa shape index (κ3) is 3.22. The monoisotopic (exact) mass is 311 g/mol. The van der Waals surface area contributed by atoms with Gasteiger partial charge in [0.15, 0.2) is 0 Å². The lowest BCUT2D eigenvalue weighted by atomic mass is 10.2. The van der Waals surface area contributed by atoms with E-state index in [1.807, 2.05) is 30.3 Å². The van der Waals surface area contributed by atoms with E-state index in [1.54, 1.807) is 12.1 Å². The van der Waals surface area contributed by atoms with Crippen molar-refractivity contribution in [2.75, 3.05) is 0 Å². The molecule has 0 unspecified atom stereocenters. The van der Waals surface area contributed by atoms with Crippen LogP contribution in [-0.4, -0.2) is 0 Å². The second-order valence-corrected chi connectivity index (χ2v) is 4.87. The maximum Gasteiger partial charge on any atom is 0.131 e. The summed E-state index contributed by atoms with van der Waals surface area (Å²) in [5.41, 5.74) is 6.62. The summed E-state index contributed by atoms with van der Waals surface area (Å²) in [7, 11) is 0. The first kappa shape index (κ1) is 12.4. The third-order valence-corrected chi connectivity index (χ3v) is 2.99. The average molecular weight is 313 g/mol. The van der Waals surface area contributed by atoms with Gasteiger partial charge in [-0.25, -0.2) is 0 Å². The van der Waals surface area contributed by atoms with Crippen molar-refractivity contribution in [3.63, 3.8) is 0 Å². The minimum Gasteiger partial charge on any atom is -0.457 e. The SMILES string of the molecule is NCc1cc(Br)ccc1Oc1cccc(Cl)c1. The van der Waals surface area contributed by atoms with E-state index in [4.69, 9.17) is 22.1 Å². The number of halogens is 2. The van der Waals surface area contributed by atoms with Gasteiger partial charge < -0.3 is 10.5 Å². The summed E-state index contributed by atoms with van der Waals surface area (Å²) in [6.07, 6.45) is 0. The van der Waals surface area contributed by atoms with Crippen molar-refractivity contribution in [3.05, 3.63) is 57.5 Å². The molecular weight excluding hydrogens is 302 g/mol. The fourth-order valence-corrected chi connectivity index (χ4v) is 2.05. The Balaban J connectivity index is 2.29. The van der Waals surface area contributed by atoms with Gasteiger partial charge in [-0.3, -0.25) is 0 Å². The number of hydrogen-bond donors (Lipinski definition) is 1. The molecule has 0 heterocycles. The number of hydrogen-bond acceptors (Lipinski definition) is 2. The van der Waals surface area contributed by atoms with Crippen molar-refractivity contribution in [2.45, 2.75) is 6.54 Å². The fourth-order valence-electron chi connectivity index (χ4n) is 1.46. The van der Waals surface area contributed by atoms with Crippen molar-refractivity contribution in [2.24, 2.45) is 5.73 Å². The molecule has 2 aromatic carbocycles. The zero-order valence-corrected chi connectivity index (χ0v) is 11.3. The smallest absolute Gasteiger partial charge is 0.131 e. The predicted octanol–water partition coefficient (Wildman–Crippen LogP) is 4.35. The van der Waals surface area contributed by atoms with Crippen LogP contribution in [0.3, 0.4) is 0 Å². The van der Waals surface area contributed by atoms with Crippen molar-refractivity contribution < 1.29 is 4.74 Å². The van der Waals surface area contributed by atoms with E-state index in [1.165, 1.54) is 0 Å². The Morgan fingerprint density at radius 3 is 2.71 bits per heavy atom. The lowest BCUT2D eigenvalue weighted by molar-refractivity contribution is 0.476. The first-order valence-corrected chi connectivity index (χ1v) is 6.28. The van der Waals surface area contributed by atoms with Gasteiger partial charge in [-0.15, -0.1) is 0 Å². The molecule has 0 radical (unpaired) electrons. The number of benzene rings is 2. The Bertz CT molecular complexity index is 531. The van der Waals surface area contributed by atoms with Crippen molar-refractivity contribution in [3.8, 4) is 11.5 Å². The van der Waals surface area contributed by atoms with Gasteiger partial charge in [0.1, 0.15) is 11.5 Å². The topological polar surface area (TPSA) is 35.2 Å². The molecule has 2 nitrogen and oxygen atoms in total. The molecule has 17 heavy (non-hydrogen) atoms. The Hall–Kier alpha value is -1.03. The molecule has 0 spiro atoms. The minimum absolute atomic E-state index is 0.426. The summed E-state index contributed by atoms with van der Waals surface area (Å²) >= 11 is 9.30. The summed E-state index contributed by atoms with van der Waals surface area (Å²) in [6.45, 7) is 0.426. The Labute approximate surface area is 113 Å². The Morgan fingerprint density at radius 2 is 2.00 bits per heavy atom. The van der Waals surface area contributed by atoms with E-state index in [-0.39, 0.29) is 0 Å². The van der Waals surface area contributed by atoms with Gasteiger partial charge in [0.25, 0.3) is 0 Å². The van der Waals surface area contributed by atoms with E-state index in [0.717, 1.165) is 15.8 Å². The van der Waals surface area contributed by atoms with Crippen molar-refractivity contribution in [1.82, 2.24) is 0 Å². The van der Waals surface area contributed by atoms with E-state index in [2.05, 4.69) is 15.9 Å². The quantitative estimate of drug-likeness (QED) is 0.914. The molecule has 0 aliphatic heterocycles. The zero-order valence-electron chi connectivity index (χ0n) is 8.99. The summed E-state index contributed by atoms with van der Waals surface area (Å²) < 4.78 is 6.73. The summed E-state index contributed by atoms with van der Waals surface area (Å²) in [6, 6.07) is 13.0. The molecule has 0 aliphatic carbocycles. The second kappa shape index (κ2) is 5.54. The summed E-state index contributed by atoms with van der Waals surface area (Å²) in [5.74, 6) is 1.45. The largest absolute Gasteiger partial charge is 0.457 e. The van der Waals surface area contributed by atoms with Gasteiger partial charge in [0.2, 0.25) is 0 Å². The van der Waals surface area contributed by atoms with Gasteiger partial charge in [0.05, 0.1) is 0 Å². The zero-order chi connectivity index (χ0) is 12.3. The summed E-state index contributed by atoms with van der Waals surface area (Å²) in [4.78, 5) is 0. The minimum atomic E-state index is 0.426. The van der Waals surface area contributed by atoms with Gasteiger partial charge in [-0.2, -0.15) is 0 Å². The van der Waals surface area contributed by atoms with E-state index >= 15 is 0 Å². The first-order chi connectivity index (χ1) is 8.19. The molecule has 2 rings (SSSR count). The van der Waals surface area contributed by atoms with Gasteiger partial charge in [-0.05, 0) is 36.4 Å². The third-order valence-electron chi connectivity index (χ3n) is 2.27. The molecule has 0 aliphatic rings. The average Bonchev–Trinajstić information content (AvgIpc) is 2.31. The fraction of sp³-hybridized carbons (Fsp3) is 0.0769. The molecular formula is C13H11BrClNO. The maximum absolute atomic E-state index is 5.90. The molecule has 4 heteroatoms. The van der Waals surface area contributed by atoms with E-state index in [9.17, 15) is 0 Å². The number of nitrogens with two attached hydrogens (primary N) is 1. The highest BCUT2D eigenvalue weighted by Gasteiger charge is 2.04. The van der Waals surface area contributed by atoms with Gasteiger partial charge in [-0.1, -0.05) is 33.6 Å². The predicted molar refractivity (Wildman–Crippen MR) is 73.6 cm³/mol. The van der Waals surface area contributed by atoms with Crippen LogP contribution in [0, 0.1) is 0 Å². The lowest BCUT2D eigenvalue weighted by Crippen LogP contribution is -1.99. The van der Waals surface area contributed by atoms with Crippen LogP contribution in [0.5, 0.6) is 11.5 Å². The van der Waals surface area contributed by atoms with Crippen molar-refractivity contribution in [1.29, 1.82) is 0 Å². The summed E-state index contributed by atoms with van der Waals surface area (Å²) in [5, 5.41) is 0.647. The van der Waals surface area contributed by atoms with Crippen molar-refractivity contribution >= 4 is 27.5 Å².